The standard InChI is InChI=1S/C11H13F3N4/c1-8(17-15-2)18(3)7-10-6-9(4-5-16-10)11(12,13)14/h4-6H,2,7H2,1,3H3/b17-8-. The van der Waals surface area contributed by atoms with E-state index in [-0.39, 0.29) is 6.54 Å². The van der Waals surface area contributed by atoms with Crippen LogP contribution < -0.4 is 0 Å². The van der Waals surface area contributed by atoms with Crippen molar-refractivity contribution in [2.75, 3.05) is 7.05 Å². The maximum atomic E-state index is 12.5. The van der Waals surface area contributed by atoms with Crippen molar-refractivity contribution >= 4 is 12.6 Å². The summed E-state index contributed by atoms with van der Waals surface area (Å²) in [6.45, 7) is 5.11. The van der Waals surface area contributed by atoms with Crippen LogP contribution in [0.25, 0.3) is 0 Å². The first-order chi connectivity index (χ1) is 8.34. The van der Waals surface area contributed by atoms with Gasteiger partial charge in [-0.1, -0.05) is 0 Å². The fourth-order valence-electron chi connectivity index (χ4n) is 1.28. The third-order valence-electron chi connectivity index (χ3n) is 2.31. The quantitative estimate of drug-likeness (QED) is 0.475. The van der Waals surface area contributed by atoms with Crippen LogP contribution in [0.2, 0.25) is 0 Å². The van der Waals surface area contributed by atoms with Crippen LogP contribution in [0.4, 0.5) is 13.2 Å². The summed E-state index contributed by atoms with van der Waals surface area (Å²) in [5.74, 6) is 0.546. The molecule has 1 heterocycles. The highest BCUT2D eigenvalue weighted by molar-refractivity contribution is 5.79. The van der Waals surface area contributed by atoms with E-state index in [1.807, 2.05) is 0 Å². The van der Waals surface area contributed by atoms with Gasteiger partial charge in [0.05, 0.1) is 17.8 Å². The molecule has 0 aliphatic carbocycles. The van der Waals surface area contributed by atoms with Gasteiger partial charge in [-0.3, -0.25) is 4.98 Å². The lowest BCUT2D eigenvalue weighted by atomic mass is 10.2. The molecular formula is C11H13F3N4. The van der Waals surface area contributed by atoms with Gasteiger partial charge in [0, 0.05) is 20.0 Å². The predicted molar refractivity (Wildman–Crippen MR) is 63.4 cm³/mol. The second kappa shape index (κ2) is 5.61. The number of aromatic nitrogens is 1. The van der Waals surface area contributed by atoms with Crippen molar-refractivity contribution in [3.8, 4) is 0 Å². The smallest absolute Gasteiger partial charge is 0.356 e. The topological polar surface area (TPSA) is 40.9 Å². The zero-order valence-corrected chi connectivity index (χ0v) is 10.1. The van der Waals surface area contributed by atoms with Gasteiger partial charge < -0.3 is 4.90 Å². The minimum Gasteiger partial charge on any atom is -0.356 e. The predicted octanol–water partition coefficient (Wildman–Crippen LogP) is 2.57. The van der Waals surface area contributed by atoms with Gasteiger partial charge in [-0.2, -0.15) is 18.3 Å². The van der Waals surface area contributed by atoms with Crippen molar-refractivity contribution in [3.05, 3.63) is 29.6 Å². The van der Waals surface area contributed by atoms with Gasteiger partial charge in [0.1, 0.15) is 5.84 Å². The lowest BCUT2D eigenvalue weighted by molar-refractivity contribution is -0.137. The summed E-state index contributed by atoms with van der Waals surface area (Å²) in [4.78, 5) is 5.53. The Morgan fingerprint density at radius 3 is 2.72 bits per heavy atom. The third kappa shape index (κ3) is 3.83. The molecule has 0 bridgehead atoms. The molecule has 98 valence electrons. The molecular weight excluding hydrogens is 245 g/mol. The van der Waals surface area contributed by atoms with E-state index in [1.165, 1.54) is 0 Å². The highest BCUT2D eigenvalue weighted by Crippen LogP contribution is 2.29. The summed E-state index contributed by atoms with van der Waals surface area (Å²) in [5, 5.41) is 7.05. The Kier molecular flexibility index (Phi) is 4.41. The molecule has 0 fully saturated rings. The van der Waals surface area contributed by atoms with Crippen LogP contribution in [-0.4, -0.2) is 29.5 Å². The van der Waals surface area contributed by atoms with E-state index >= 15 is 0 Å². The van der Waals surface area contributed by atoms with Crippen LogP contribution in [0.1, 0.15) is 18.2 Å². The number of hydrogen-bond donors (Lipinski definition) is 0. The molecule has 18 heavy (non-hydrogen) atoms. The van der Waals surface area contributed by atoms with Gasteiger partial charge in [-0.05, 0) is 19.1 Å². The summed E-state index contributed by atoms with van der Waals surface area (Å²) in [5.41, 5.74) is -0.400. The lowest BCUT2D eigenvalue weighted by Gasteiger charge is -2.17. The largest absolute Gasteiger partial charge is 0.416 e. The molecule has 0 unspecified atom stereocenters. The van der Waals surface area contributed by atoms with Gasteiger partial charge in [0.15, 0.2) is 0 Å². The molecule has 7 heteroatoms. The average molecular weight is 258 g/mol. The first-order valence-corrected chi connectivity index (χ1v) is 5.08. The Balaban J connectivity index is 2.86. The van der Waals surface area contributed by atoms with Gasteiger partial charge in [0.2, 0.25) is 0 Å². The molecule has 1 aromatic heterocycles. The highest BCUT2D eigenvalue weighted by atomic mass is 19.4. The molecule has 0 N–H and O–H groups in total. The molecule has 0 saturated carbocycles. The van der Waals surface area contributed by atoms with E-state index in [2.05, 4.69) is 21.9 Å². The number of alkyl halides is 3. The van der Waals surface area contributed by atoms with Gasteiger partial charge in [0.25, 0.3) is 0 Å². The van der Waals surface area contributed by atoms with E-state index in [0.29, 0.717) is 11.5 Å². The molecule has 0 atom stereocenters. The molecule has 0 aromatic carbocycles. The maximum absolute atomic E-state index is 12.5. The molecule has 0 saturated heterocycles. The van der Waals surface area contributed by atoms with Crippen molar-refractivity contribution in [3.63, 3.8) is 0 Å². The SMILES string of the molecule is C=N/N=C(/C)N(C)Cc1cc(C(F)(F)F)ccn1. The fourth-order valence-corrected chi connectivity index (χ4v) is 1.28. The molecule has 0 aliphatic heterocycles. The Morgan fingerprint density at radius 1 is 1.50 bits per heavy atom. The molecule has 4 nitrogen and oxygen atoms in total. The Bertz CT molecular complexity index is 454. The first kappa shape index (κ1) is 14.1. The normalized spacial score (nSPS) is 12.4. The van der Waals surface area contributed by atoms with Crippen LogP contribution in [0.3, 0.4) is 0 Å². The van der Waals surface area contributed by atoms with E-state index in [9.17, 15) is 13.2 Å². The Labute approximate surface area is 103 Å². The Hall–Kier alpha value is -1.92. The van der Waals surface area contributed by atoms with Gasteiger partial charge >= 0.3 is 6.18 Å². The number of halogens is 3. The van der Waals surface area contributed by atoms with Crippen molar-refractivity contribution < 1.29 is 13.2 Å². The van der Waals surface area contributed by atoms with E-state index in [1.54, 1.807) is 18.9 Å². The first-order valence-electron chi connectivity index (χ1n) is 5.08. The van der Waals surface area contributed by atoms with Crippen molar-refractivity contribution in [1.29, 1.82) is 0 Å². The average Bonchev–Trinajstić information content (AvgIpc) is 2.28. The number of rotatable bonds is 3. The van der Waals surface area contributed by atoms with Gasteiger partial charge in [-0.15, -0.1) is 5.10 Å². The van der Waals surface area contributed by atoms with Crippen molar-refractivity contribution in [1.82, 2.24) is 9.88 Å². The summed E-state index contributed by atoms with van der Waals surface area (Å²) in [7, 11) is 1.69. The van der Waals surface area contributed by atoms with E-state index < -0.39 is 11.7 Å². The monoisotopic (exact) mass is 258 g/mol. The number of hydrogen-bond acceptors (Lipinski definition) is 3. The van der Waals surface area contributed by atoms with Gasteiger partial charge in [-0.25, -0.2) is 0 Å². The Morgan fingerprint density at radius 2 is 2.17 bits per heavy atom. The molecule has 0 spiro atoms. The number of amidine groups is 1. The van der Waals surface area contributed by atoms with E-state index in [0.717, 1.165) is 18.3 Å². The highest BCUT2D eigenvalue weighted by Gasteiger charge is 2.30. The maximum Gasteiger partial charge on any atom is 0.416 e. The summed E-state index contributed by atoms with van der Waals surface area (Å²) in [6.07, 6.45) is -3.22. The second-order valence-corrected chi connectivity index (χ2v) is 3.68. The van der Waals surface area contributed by atoms with Crippen molar-refractivity contribution in [2.24, 2.45) is 10.2 Å². The zero-order chi connectivity index (χ0) is 13.8. The van der Waals surface area contributed by atoms with E-state index in [4.69, 9.17) is 0 Å². The summed E-state index contributed by atoms with van der Waals surface area (Å²) < 4.78 is 37.5. The van der Waals surface area contributed by atoms with Crippen LogP contribution in [0.15, 0.2) is 28.5 Å². The van der Waals surface area contributed by atoms with Crippen molar-refractivity contribution in [2.45, 2.75) is 19.6 Å². The van der Waals surface area contributed by atoms with Crippen LogP contribution >= 0.6 is 0 Å². The molecule has 0 amide bonds. The number of pyridine rings is 1. The summed E-state index contributed by atoms with van der Waals surface area (Å²) >= 11 is 0. The molecule has 0 radical (unpaired) electrons. The van der Waals surface area contributed by atoms with Crippen LogP contribution in [0.5, 0.6) is 0 Å². The van der Waals surface area contributed by atoms with Crippen LogP contribution in [0, 0.1) is 0 Å². The molecule has 0 aliphatic rings. The zero-order valence-electron chi connectivity index (χ0n) is 10.1. The fraction of sp³-hybridized carbons (Fsp3) is 0.364. The van der Waals surface area contributed by atoms with Crippen LogP contribution in [-0.2, 0) is 12.7 Å². The second-order valence-electron chi connectivity index (χ2n) is 3.68. The molecule has 1 rings (SSSR count). The minimum absolute atomic E-state index is 0.217. The lowest BCUT2D eigenvalue weighted by Crippen LogP contribution is -2.24. The number of nitrogens with zero attached hydrogens (tertiary/aromatic N) is 4. The third-order valence-corrected chi connectivity index (χ3v) is 2.31. The molecule has 1 aromatic rings. The minimum atomic E-state index is -4.36. The summed E-state index contributed by atoms with van der Waals surface area (Å²) in [6, 6.07) is 1.96.